The highest BCUT2D eigenvalue weighted by Gasteiger charge is 2.34. The molecule has 4 heteroatoms. The van der Waals surface area contributed by atoms with Crippen molar-refractivity contribution in [3.63, 3.8) is 0 Å². The highest BCUT2D eigenvalue weighted by Crippen LogP contribution is 2.26. The summed E-state index contributed by atoms with van der Waals surface area (Å²) < 4.78 is 0. The van der Waals surface area contributed by atoms with Crippen LogP contribution in [0.3, 0.4) is 0 Å². The van der Waals surface area contributed by atoms with Crippen LogP contribution in [0.15, 0.2) is 24.3 Å². The number of nitrogens with zero attached hydrogens (tertiary/aromatic N) is 2. The van der Waals surface area contributed by atoms with Gasteiger partial charge in [0.15, 0.2) is 0 Å². The number of piperidine rings is 1. The first kappa shape index (κ1) is 13.4. The Kier molecular flexibility index (Phi) is 3.66. The number of hydrogen-bond donors (Lipinski definition) is 1. The molecular formula is C16H23N3O. The molecule has 108 valence electrons. The van der Waals surface area contributed by atoms with Crippen LogP contribution in [-0.2, 0) is 0 Å². The van der Waals surface area contributed by atoms with Crippen molar-refractivity contribution in [2.75, 3.05) is 38.6 Å². The Bertz CT molecular complexity index is 500. The summed E-state index contributed by atoms with van der Waals surface area (Å²) >= 11 is 0. The minimum Gasteiger partial charge on any atom is -0.378 e. The van der Waals surface area contributed by atoms with E-state index in [-0.39, 0.29) is 5.91 Å². The number of carbonyl (C=O) groups is 1. The predicted molar refractivity (Wildman–Crippen MR) is 81.2 cm³/mol. The van der Waals surface area contributed by atoms with Crippen LogP contribution in [0.4, 0.5) is 5.69 Å². The molecule has 0 spiro atoms. The van der Waals surface area contributed by atoms with Gasteiger partial charge in [-0.1, -0.05) is 6.07 Å². The molecule has 20 heavy (non-hydrogen) atoms. The van der Waals surface area contributed by atoms with Crippen molar-refractivity contribution in [1.29, 1.82) is 0 Å². The van der Waals surface area contributed by atoms with Crippen LogP contribution >= 0.6 is 0 Å². The van der Waals surface area contributed by atoms with Gasteiger partial charge in [0.05, 0.1) is 0 Å². The van der Waals surface area contributed by atoms with Crippen molar-refractivity contribution in [3.8, 4) is 0 Å². The molecule has 2 heterocycles. The number of hydrogen-bond acceptors (Lipinski definition) is 3. The van der Waals surface area contributed by atoms with Crippen molar-refractivity contribution in [3.05, 3.63) is 29.8 Å². The van der Waals surface area contributed by atoms with Crippen LogP contribution in [0.2, 0.25) is 0 Å². The van der Waals surface area contributed by atoms with Crippen LogP contribution in [0.1, 0.15) is 23.2 Å². The Morgan fingerprint density at radius 2 is 2.20 bits per heavy atom. The quantitative estimate of drug-likeness (QED) is 0.888. The Balaban J connectivity index is 1.74. The lowest BCUT2D eigenvalue weighted by Gasteiger charge is -2.35. The van der Waals surface area contributed by atoms with Gasteiger partial charge in [-0.2, -0.15) is 0 Å². The fraction of sp³-hybridized carbons (Fsp3) is 0.562. The van der Waals surface area contributed by atoms with Crippen molar-refractivity contribution >= 4 is 11.6 Å². The molecule has 0 aliphatic carbocycles. The molecule has 0 radical (unpaired) electrons. The zero-order chi connectivity index (χ0) is 14.1. The maximum absolute atomic E-state index is 12.7. The van der Waals surface area contributed by atoms with Gasteiger partial charge in [0.1, 0.15) is 0 Å². The van der Waals surface area contributed by atoms with E-state index >= 15 is 0 Å². The topological polar surface area (TPSA) is 35.6 Å². The zero-order valence-corrected chi connectivity index (χ0v) is 12.3. The van der Waals surface area contributed by atoms with E-state index in [2.05, 4.69) is 5.32 Å². The van der Waals surface area contributed by atoms with Gasteiger partial charge in [0.25, 0.3) is 5.91 Å². The summed E-state index contributed by atoms with van der Waals surface area (Å²) in [6, 6.07) is 8.54. The summed E-state index contributed by atoms with van der Waals surface area (Å²) in [6.45, 7) is 2.88. The molecule has 2 saturated heterocycles. The molecule has 1 aromatic rings. The number of benzene rings is 1. The second-order valence-corrected chi connectivity index (χ2v) is 6.09. The largest absolute Gasteiger partial charge is 0.378 e. The van der Waals surface area contributed by atoms with E-state index in [4.69, 9.17) is 0 Å². The normalized spacial score (nSPS) is 25.4. The second-order valence-electron chi connectivity index (χ2n) is 6.09. The Labute approximate surface area is 120 Å². The molecule has 1 N–H and O–H groups in total. The lowest BCUT2D eigenvalue weighted by molar-refractivity contribution is 0.0662. The molecule has 3 rings (SSSR count). The minimum atomic E-state index is 0.180. The number of likely N-dealkylation sites (tertiary alicyclic amines) is 1. The first-order chi connectivity index (χ1) is 9.65. The third kappa shape index (κ3) is 2.52. The number of carbonyl (C=O) groups excluding carboxylic acids is 1. The molecule has 0 saturated carbocycles. The van der Waals surface area contributed by atoms with E-state index in [9.17, 15) is 4.79 Å². The summed E-state index contributed by atoms with van der Waals surface area (Å²) in [5, 5.41) is 3.54. The maximum Gasteiger partial charge on any atom is 0.253 e. The number of fused-ring (bicyclic) bond motifs is 1. The molecule has 2 fully saturated rings. The minimum absolute atomic E-state index is 0.180. The number of amides is 1. The molecule has 2 aliphatic heterocycles. The highest BCUT2D eigenvalue weighted by molar-refractivity contribution is 5.95. The first-order valence-corrected chi connectivity index (χ1v) is 7.45. The number of nitrogens with one attached hydrogen (secondary N) is 1. The third-order valence-electron chi connectivity index (χ3n) is 4.55. The fourth-order valence-electron chi connectivity index (χ4n) is 3.33. The molecule has 0 aromatic heterocycles. The first-order valence-electron chi connectivity index (χ1n) is 7.45. The van der Waals surface area contributed by atoms with Crippen LogP contribution < -0.4 is 10.2 Å². The lowest BCUT2D eigenvalue weighted by Crippen LogP contribution is -2.46. The van der Waals surface area contributed by atoms with E-state index < -0.39 is 0 Å². The summed E-state index contributed by atoms with van der Waals surface area (Å²) in [7, 11) is 4.00. The van der Waals surface area contributed by atoms with Crippen molar-refractivity contribution in [1.82, 2.24) is 10.2 Å². The fourth-order valence-corrected chi connectivity index (χ4v) is 3.33. The summed E-state index contributed by atoms with van der Waals surface area (Å²) in [4.78, 5) is 16.7. The van der Waals surface area contributed by atoms with Gasteiger partial charge in [-0.25, -0.2) is 0 Å². The second kappa shape index (κ2) is 5.44. The van der Waals surface area contributed by atoms with E-state index in [1.165, 1.54) is 6.42 Å². The van der Waals surface area contributed by atoms with E-state index in [1.807, 2.05) is 48.2 Å². The van der Waals surface area contributed by atoms with Gasteiger partial charge in [0.2, 0.25) is 0 Å². The predicted octanol–water partition coefficient (Wildman–Crippen LogP) is 1.58. The Hall–Kier alpha value is -1.55. The summed E-state index contributed by atoms with van der Waals surface area (Å²) in [5.41, 5.74) is 1.88. The molecule has 1 amide bonds. The average molecular weight is 273 g/mol. The van der Waals surface area contributed by atoms with Gasteiger partial charge in [-0.15, -0.1) is 0 Å². The molecule has 1 aromatic carbocycles. The number of rotatable bonds is 2. The van der Waals surface area contributed by atoms with Crippen molar-refractivity contribution in [2.45, 2.75) is 18.9 Å². The lowest BCUT2D eigenvalue weighted by atomic mass is 9.93. The smallest absolute Gasteiger partial charge is 0.253 e. The monoisotopic (exact) mass is 273 g/mol. The summed E-state index contributed by atoms with van der Waals surface area (Å²) in [6.07, 6.45) is 2.29. The van der Waals surface area contributed by atoms with E-state index in [0.717, 1.165) is 37.3 Å². The molecule has 4 nitrogen and oxygen atoms in total. The molecule has 2 aliphatic rings. The van der Waals surface area contributed by atoms with Crippen LogP contribution in [-0.4, -0.2) is 50.6 Å². The third-order valence-corrected chi connectivity index (χ3v) is 4.55. The van der Waals surface area contributed by atoms with Crippen LogP contribution in [0.25, 0.3) is 0 Å². The molecule has 0 bridgehead atoms. The van der Waals surface area contributed by atoms with Gasteiger partial charge in [-0.3, -0.25) is 4.79 Å². The van der Waals surface area contributed by atoms with Crippen LogP contribution in [0.5, 0.6) is 0 Å². The van der Waals surface area contributed by atoms with E-state index in [0.29, 0.717) is 12.0 Å². The van der Waals surface area contributed by atoms with Gasteiger partial charge in [-0.05, 0) is 43.5 Å². The highest BCUT2D eigenvalue weighted by atomic mass is 16.2. The maximum atomic E-state index is 12.7. The van der Waals surface area contributed by atoms with E-state index in [1.54, 1.807) is 0 Å². The summed E-state index contributed by atoms with van der Waals surface area (Å²) in [5.74, 6) is 0.823. The molecular weight excluding hydrogens is 250 g/mol. The van der Waals surface area contributed by atoms with Gasteiger partial charge < -0.3 is 15.1 Å². The van der Waals surface area contributed by atoms with Gasteiger partial charge in [0, 0.05) is 44.5 Å². The molecule has 2 atom stereocenters. The Morgan fingerprint density at radius 1 is 1.35 bits per heavy atom. The standard InChI is InChI=1S/C16H23N3O/c1-18(2)14-5-3-4-12(10-14)16(20)19-9-7-15-13(11-19)6-8-17-15/h3-5,10,13,15,17H,6-9,11H2,1-2H3. The van der Waals surface area contributed by atoms with Crippen molar-refractivity contribution < 1.29 is 4.79 Å². The van der Waals surface area contributed by atoms with Crippen LogP contribution in [0, 0.1) is 5.92 Å². The molecule has 2 unspecified atom stereocenters. The Morgan fingerprint density at radius 3 is 3.00 bits per heavy atom. The zero-order valence-electron chi connectivity index (χ0n) is 12.3. The number of anilines is 1. The van der Waals surface area contributed by atoms with Gasteiger partial charge >= 0.3 is 0 Å². The van der Waals surface area contributed by atoms with Crippen molar-refractivity contribution in [2.24, 2.45) is 5.92 Å². The SMILES string of the molecule is CN(C)c1cccc(C(=O)N2CCC3NCCC3C2)c1. The average Bonchev–Trinajstić information content (AvgIpc) is 2.94.